The molecule has 0 saturated carbocycles. The first-order valence-electron chi connectivity index (χ1n) is 6.80. The quantitative estimate of drug-likeness (QED) is 0.664. The molecule has 112 valence electrons. The van der Waals surface area contributed by atoms with Crippen molar-refractivity contribution in [3.05, 3.63) is 34.3 Å². The van der Waals surface area contributed by atoms with E-state index in [2.05, 4.69) is 21.2 Å². The van der Waals surface area contributed by atoms with Gasteiger partial charge in [0.2, 0.25) is 5.91 Å². The van der Waals surface area contributed by atoms with Crippen molar-refractivity contribution in [1.29, 1.82) is 0 Å². The molecule has 4 nitrogen and oxygen atoms in total. The van der Waals surface area contributed by atoms with E-state index in [1.54, 1.807) is 7.11 Å². The zero-order valence-corrected chi connectivity index (χ0v) is 13.4. The SMILES string of the molecule is COCCOCCCNC(=O)CCc1cccc(Br)c1. The molecule has 0 aliphatic rings. The van der Waals surface area contributed by atoms with Gasteiger partial charge in [0.1, 0.15) is 0 Å². The standard InChI is InChI=1S/C15H22BrNO3/c1-19-10-11-20-9-3-8-17-15(18)7-6-13-4-2-5-14(16)12-13/h2,4-5,12H,3,6-11H2,1H3,(H,17,18). The van der Waals surface area contributed by atoms with Gasteiger partial charge in [-0.15, -0.1) is 0 Å². The lowest BCUT2D eigenvalue weighted by Crippen LogP contribution is -2.25. The lowest BCUT2D eigenvalue weighted by molar-refractivity contribution is -0.121. The summed E-state index contributed by atoms with van der Waals surface area (Å²) in [5.41, 5.74) is 1.16. The van der Waals surface area contributed by atoms with Gasteiger partial charge in [0.15, 0.2) is 0 Å². The van der Waals surface area contributed by atoms with Gasteiger partial charge >= 0.3 is 0 Å². The number of aryl methyl sites for hydroxylation is 1. The molecule has 0 radical (unpaired) electrons. The number of rotatable bonds is 10. The Balaban J connectivity index is 2.03. The number of ether oxygens (including phenoxy) is 2. The number of methoxy groups -OCH3 is 1. The minimum absolute atomic E-state index is 0.0851. The maximum absolute atomic E-state index is 11.7. The van der Waals surface area contributed by atoms with E-state index in [4.69, 9.17) is 9.47 Å². The number of hydrogen-bond donors (Lipinski definition) is 1. The van der Waals surface area contributed by atoms with Crippen LogP contribution in [0.4, 0.5) is 0 Å². The highest BCUT2D eigenvalue weighted by molar-refractivity contribution is 9.10. The van der Waals surface area contributed by atoms with Gasteiger partial charge in [-0.2, -0.15) is 0 Å². The van der Waals surface area contributed by atoms with E-state index < -0.39 is 0 Å². The summed E-state index contributed by atoms with van der Waals surface area (Å²) in [7, 11) is 1.65. The van der Waals surface area contributed by atoms with Crippen molar-refractivity contribution < 1.29 is 14.3 Å². The van der Waals surface area contributed by atoms with Crippen LogP contribution >= 0.6 is 15.9 Å². The van der Waals surface area contributed by atoms with Crippen LogP contribution in [0, 0.1) is 0 Å². The van der Waals surface area contributed by atoms with Gasteiger partial charge in [0.05, 0.1) is 13.2 Å². The van der Waals surface area contributed by atoms with Crippen LogP contribution in [0.2, 0.25) is 0 Å². The number of hydrogen-bond acceptors (Lipinski definition) is 3. The van der Waals surface area contributed by atoms with Crippen LogP contribution in [0.3, 0.4) is 0 Å². The van der Waals surface area contributed by atoms with E-state index in [0.29, 0.717) is 32.8 Å². The second-order valence-corrected chi connectivity index (χ2v) is 5.35. The summed E-state index contributed by atoms with van der Waals surface area (Å²) in [6.45, 7) is 2.52. The maximum atomic E-state index is 11.7. The molecule has 0 unspecified atom stereocenters. The molecule has 20 heavy (non-hydrogen) atoms. The predicted molar refractivity (Wildman–Crippen MR) is 82.8 cm³/mol. The van der Waals surface area contributed by atoms with Gasteiger partial charge in [-0.3, -0.25) is 4.79 Å². The summed E-state index contributed by atoms with van der Waals surface area (Å²) in [5.74, 6) is 0.0851. The maximum Gasteiger partial charge on any atom is 0.220 e. The van der Waals surface area contributed by atoms with E-state index in [0.717, 1.165) is 22.9 Å². The average Bonchev–Trinajstić information content (AvgIpc) is 2.44. The second-order valence-electron chi connectivity index (χ2n) is 4.44. The number of nitrogens with one attached hydrogen (secondary N) is 1. The van der Waals surface area contributed by atoms with Crippen LogP contribution in [0.1, 0.15) is 18.4 Å². The minimum atomic E-state index is 0.0851. The summed E-state index contributed by atoms with van der Waals surface area (Å²) in [4.78, 5) is 11.7. The highest BCUT2D eigenvalue weighted by Gasteiger charge is 2.02. The zero-order chi connectivity index (χ0) is 14.6. The van der Waals surface area contributed by atoms with E-state index in [-0.39, 0.29) is 5.91 Å². The molecular weight excluding hydrogens is 322 g/mol. The second kappa shape index (κ2) is 10.8. The predicted octanol–water partition coefficient (Wildman–Crippen LogP) is 2.55. The normalized spacial score (nSPS) is 10.5. The fourth-order valence-corrected chi connectivity index (χ4v) is 2.13. The van der Waals surface area contributed by atoms with Gasteiger partial charge in [-0.05, 0) is 30.5 Å². The van der Waals surface area contributed by atoms with Crippen molar-refractivity contribution in [3.63, 3.8) is 0 Å². The lowest BCUT2D eigenvalue weighted by Gasteiger charge is -2.06. The van der Waals surface area contributed by atoms with E-state index >= 15 is 0 Å². The van der Waals surface area contributed by atoms with Crippen molar-refractivity contribution in [1.82, 2.24) is 5.32 Å². The molecule has 1 N–H and O–H groups in total. The Labute approximate surface area is 129 Å². The Hall–Kier alpha value is -0.910. The van der Waals surface area contributed by atoms with Crippen molar-refractivity contribution in [2.45, 2.75) is 19.3 Å². The van der Waals surface area contributed by atoms with Crippen LogP contribution in [0.5, 0.6) is 0 Å². The van der Waals surface area contributed by atoms with Crippen molar-refractivity contribution in [2.75, 3.05) is 33.5 Å². The third-order valence-corrected chi connectivity index (χ3v) is 3.24. The first-order valence-corrected chi connectivity index (χ1v) is 7.59. The summed E-state index contributed by atoms with van der Waals surface area (Å²) in [6.07, 6.45) is 2.10. The Morgan fingerprint density at radius 2 is 2.15 bits per heavy atom. The molecule has 0 aromatic heterocycles. The Bertz CT molecular complexity index is 398. The van der Waals surface area contributed by atoms with Gasteiger partial charge in [0, 0.05) is 31.2 Å². The van der Waals surface area contributed by atoms with Crippen molar-refractivity contribution in [2.24, 2.45) is 0 Å². The third kappa shape index (κ3) is 8.30. The Morgan fingerprint density at radius 1 is 1.30 bits per heavy atom. The number of benzene rings is 1. The molecule has 0 aliphatic carbocycles. The van der Waals surface area contributed by atoms with Crippen LogP contribution < -0.4 is 5.32 Å². The molecule has 0 bridgehead atoms. The summed E-state index contributed by atoms with van der Waals surface area (Å²) in [6, 6.07) is 8.03. The number of carbonyl (C=O) groups excluding carboxylic acids is 1. The van der Waals surface area contributed by atoms with Gasteiger partial charge < -0.3 is 14.8 Å². The first kappa shape index (κ1) is 17.1. The van der Waals surface area contributed by atoms with Crippen LogP contribution in [0.25, 0.3) is 0 Å². The topological polar surface area (TPSA) is 47.6 Å². The third-order valence-electron chi connectivity index (χ3n) is 2.75. The molecule has 0 fully saturated rings. The highest BCUT2D eigenvalue weighted by atomic mass is 79.9. The molecule has 1 aromatic carbocycles. The monoisotopic (exact) mass is 343 g/mol. The largest absolute Gasteiger partial charge is 0.382 e. The van der Waals surface area contributed by atoms with E-state index in [1.165, 1.54) is 0 Å². The average molecular weight is 344 g/mol. The molecule has 1 aromatic rings. The number of amides is 1. The van der Waals surface area contributed by atoms with Gasteiger partial charge in [0.25, 0.3) is 0 Å². The highest BCUT2D eigenvalue weighted by Crippen LogP contribution is 2.12. The molecule has 0 aliphatic heterocycles. The Kier molecular flexibility index (Phi) is 9.28. The molecular formula is C15H22BrNO3. The first-order chi connectivity index (χ1) is 9.72. The van der Waals surface area contributed by atoms with E-state index in [1.807, 2.05) is 24.3 Å². The summed E-state index contributed by atoms with van der Waals surface area (Å²) >= 11 is 3.42. The molecule has 1 amide bonds. The molecule has 1 rings (SSSR count). The molecule has 0 atom stereocenters. The van der Waals surface area contributed by atoms with Gasteiger partial charge in [-0.25, -0.2) is 0 Å². The molecule has 0 spiro atoms. The lowest BCUT2D eigenvalue weighted by atomic mass is 10.1. The number of carbonyl (C=O) groups is 1. The molecule has 0 heterocycles. The van der Waals surface area contributed by atoms with Gasteiger partial charge in [-0.1, -0.05) is 28.1 Å². The molecule has 5 heteroatoms. The number of halogens is 1. The molecule has 0 saturated heterocycles. The summed E-state index contributed by atoms with van der Waals surface area (Å²) in [5, 5.41) is 2.90. The Morgan fingerprint density at radius 3 is 2.90 bits per heavy atom. The van der Waals surface area contributed by atoms with Crippen molar-refractivity contribution >= 4 is 21.8 Å². The summed E-state index contributed by atoms with van der Waals surface area (Å²) < 4.78 is 11.2. The minimum Gasteiger partial charge on any atom is -0.382 e. The van der Waals surface area contributed by atoms with Crippen LogP contribution in [-0.2, 0) is 20.7 Å². The van der Waals surface area contributed by atoms with Crippen LogP contribution in [-0.4, -0.2) is 39.4 Å². The zero-order valence-electron chi connectivity index (χ0n) is 11.9. The smallest absolute Gasteiger partial charge is 0.220 e. The van der Waals surface area contributed by atoms with Crippen LogP contribution in [0.15, 0.2) is 28.7 Å². The van der Waals surface area contributed by atoms with Crippen molar-refractivity contribution in [3.8, 4) is 0 Å². The van der Waals surface area contributed by atoms with E-state index in [9.17, 15) is 4.79 Å². The fraction of sp³-hybridized carbons (Fsp3) is 0.533. The fourth-order valence-electron chi connectivity index (χ4n) is 1.69.